The van der Waals surface area contributed by atoms with E-state index in [0.29, 0.717) is 0 Å². The number of carbonyl (C=O) groups is 1. The average molecular weight is 214 g/mol. The third-order valence-corrected chi connectivity index (χ3v) is 3.30. The van der Waals surface area contributed by atoms with Crippen LogP contribution in [0.15, 0.2) is 0 Å². The molecule has 1 aliphatic carbocycles. The van der Waals surface area contributed by atoms with E-state index in [4.69, 9.17) is 10.5 Å². The van der Waals surface area contributed by atoms with Crippen molar-refractivity contribution in [3.05, 3.63) is 0 Å². The van der Waals surface area contributed by atoms with Crippen LogP contribution < -0.4 is 11.1 Å². The molecule has 3 N–H and O–H groups in total. The Labute approximate surface area is 91.5 Å². The third-order valence-electron chi connectivity index (χ3n) is 3.30. The van der Waals surface area contributed by atoms with Gasteiger partial charge in [0.25, 0.3) is 0 Å². The number of nitrogens with one attached hydrogen (secondary N) is 1. The highest BCUT2D eigenvalue weighted by molar-refractivity contribution is 5.80. The number of hydrogen-bond acceptors (Lipinski definition) is 3. The highest BCUT2D eigenvalue weighted by atomic mass is 16.5. The zero-order valence-electron chi connectivity index (χ0n) is 9.71. The van der Waals surface area contributed by atoms with Gasteiger partial charge in [-0.2, -0.15) is 0 Å². The minimum Gasteiger partial charge on any atom is -0.385 e. The van der Waals surface area contributed by atoms with Gasteiger partial charge >= 0.3 is 0 Å². The summed E-state index contributed by atoms with van der Waals surface area (Å²) in [6.45, 7) is 3.22. The lowest BCUT2D eigenvalue weighted by Crippen LogP contribution is -2.47. The number of hydrogen-bond donors (Lipinski definition) is 2. The standard InChI is InChI=1S/C11H22N2O2/c1-9(12)10(14)13-8-11(4-3-5-11)6-7-15-2/h9H,3-8,12H2,1-2H3,(H,13,14). The quantitative estimate of drug-likeness (QED) is 0.682. The van der Waals surface area contributed by atoms with E-state index >= 15 is 0 Å². The van der Waals surface area contributed by atoms with E-state index in [1.165, 1.54) is 19.3 Å². The Morgan fingerprint density at radius 2 is 2.27 bits per heavy atom. The van der Waals surface area contributed by atoms with Crippen LogP contribution in [0, 0.1) is 5.41 Å². The number of nitrogens with two attached hydrogens (primary N) is 1. The molecule has 0 bridgehead atoms. The highest BCUT2D eigenvalue weighted by Gasteiger charge is 2.36. The second kappa shape index (κ2) is 5.47. The highest BCUT2D eigenvalue weighted by Crippen LogP contribution is 2.43. The Morgan fingerprint density at radius 3 is 2.67 bits per heavy atom. The smallest absolute Gasteiger partial charge is 0.236 e. The maximum atomic E-state index is 11.3. The van der Waals surface area contributed by atoms with Crippen LogP contribution in [0.4, 0.5) is 0 Å². The van der Waals surface area contributed by atoms with Gasteiger partial charge in [0.1, 0.15) is 0 Å². The number of carbonyl (C=O) groups excluding carboxylic acids is 1. The molecule has 1 fully saturated rings. The van der Waals surface area contributed by atoms with Crippen LogP contribution in [0.3, 0.4) is 0 Å². The molecule has 0 radical (unpaired) electrons. The molecule has 1 unspecified atom stereocenters. The Hall–Kier alpha value is -0.610. The molecule has 1 atom stereocenters. The molecule has 4 heteroatoms. The number of methoxy groups -OCH3 is 1. The Kier molecular flexibility index (Phi) is 4.54. The molecule has 15 heavy (non-hydrogen) atoms. The summed E-state index contributed by atoms with van der Waals surface area (Å²) >= 11 is 0. The molecule has 0 saturated heterocycles. The molecule has 0 aliphatic heterocycles. The molecule has 4 nitrogen and oxygen atoms in total. The van der Waals surface area contributed by atoms with E-state index in [1.54, 1.807) is 14.0 Å². The summed E-state index contributed by atoms with van der Waals surface area (Å²) in [5.74, 6) is -0.0568. The molecular formula is C11H22N2O2. The van der Waals surface area contributed by atoms with Crippen molar-refractivity contribution in [3.8, 4) is 0 Å². The van der Waals surface area contributed by atoms with Crippen LogP contribution in [0.5, 0.6) is 0 Å². The molecule has 0 heterocycles. The molecular weight excluding hydrogens is 192 g/mol. The van der Waals surface area contributed by atoms with Gasteiger partial charge in [-0.25, -0.2) is 0 Å². The minimum absolute atomic E-state index is 0.0568. The summed E-state index contributed by atoms with van der Waals surface area (Å²) in [6.07, 6.45) is 4.67. The number of rotatable bonds is 6. The van der Waals surface area contributed by atoms with Gasteiger partial charge in [0.05, 0.1) is 6.04 Å². The van der Waals surface area contributed by atoms with Crippen LogP contribution in [-0.4, -0.2) is 32.2 Å². The van der Waals surface area contributed by atoms with Crippen molar-refractivity contribution in [2.24, 2.45) is 11.1 Å². The van der Waals surface area contributed by atoms with Crippen molar-refractivity contribution >= 4 is 5.91 Å². The Balaban J connectivity index is 2.30. The SMILES string of the molecule is COCCC1(CNC(=O)C(C)N)CCC1. The fourth-order valence-electron chi connectivity index (χ4n) is 1.95. The molecule has 1 rings (SSSR count). The number of amides is 1. The lowest BCUT2D eigenvalue weighted by molar-refractivity contribution is -0.123. The van der Waals surface area contributed by atoms with Gasteiger partial charge in [-0.15, -0.1) is 0 Å². The fourth-order valence-corrected chi connectivity index (χ4v) is 1.95. The molecule has 1 amide bonds. The molecule has 1 saturated carbocycles. The summed E-state index contributed by atoms with van der Waals surface area (Å²) in [6, 6.07) is -0.412. The predicted molar refractivity (Wildman–Crippen MR) is 59.4 cm³/mol. The van der Waals surface area contributed by atoms with Crippen LogP contribution in [0.1, 0.15) is 32.6 Å². The monoisotopic (exact) mass is 214 g/mol. The Bertz CT molecular complexity index is 213. The second-order valence-corrected chi connectivity index (χ2v) is 4.60. The summed E-state index contributed by atoms with van der Waals surface area (Å²) in [7, 11) is 1.72. The maximum Gasteiger partial charge on any atom is 0.236 e. The molecule has 0 aromatic heterocycles. The first kappa shape index (κ1) is 12.5. The van der Waals surface area contributed by atoms with Gasteiger partial charge in [-0.1, -0.05) is 6.42 Å². The molecule has 1 aliphatic rings. The Morgan fingerprint density at radius 1 is 1.60 bits per heavy atom. The van der Waals surface area contributed by atoms with Crippen molar-refractivity contribution in [3.63, 3.8) is 0 Å². The second-order valence-electron chi connectivity index (χ2n) is 4.60. The summed E-state index contributed by atoms with van der Waals surface area (Å²) < 4.78 is 5.09. The average Bonchev–Trinajstić information content (AvgIpc) is 2.15. The summed E-state index contributed by atoms with van der Waals surface area (Å²) in [5.41, 5.74) is 5.77. The first-order valence-electron chi connectivity index (χ1n) is 5.62. The van der Waals surface area contributed by atoms with Gasteiger partial charge in [0.15, 0.2) is 0 Å². The van der Waals surface area contributed by atoms with Crippen molar-refractivity contribution in [2.45, 2.75) is 38.6 Å². The van der Waals surface area contributed by atoms with Crippen molar-refractivity contribution in [1.29, 1.82) is 0 Å². The van der Waals surface area contributed by atoms with Gasteiger partial charge < -0.3 is 15.8 Å². The van der Waals surface area contributed by atoms with E-state index in [-0.39, 0.29) is 11.3 Å². The first-order chi connectivity index (χ1) is 7.09. The number of ether oxygens (including phenoxy) is 1. The molecule has 0 spiro atoms. The summed E-state index contributed by atoms with van der Waals surface area (Å²) in [4.78, 5) is 11.3. The van der Waals surface area contributed by atoms with E-state index in [0.717, 1.165) is 19.6 Å². The first-order valence-corrected chi connectivity index (χ1v) is 5.62. The van der Waals surface area contributed by atoms with E-state index in [2.05, 4.69) is 5.32 Å². The maximum absolute atomic E-state index is 11.3. The summed E-state index contributed by atoms with van der Waals surface area (Å²) in [5, 5.41) is 2.91. The van der Waals surface area contributed by atoms with Gasteiger partial charge in [-0.05, 0) is 31.6 Å². The molecule has 0 aromatic carbocycles. The largest absolute Gasteiger partial charge is 0.385 e. The lowest BCUT2D eigenvalue weighted by atomic mass is 9.66. The molecule has 0 aromatic rings. The van der Waals surface area contributed by atoms with E-state index < -0.39 is 6.04 Å². The topological polar surface area (TPSA) is 64.3 Å². The van der Waals surface area contributed by atoms with Crippen molar-refractivity contribution in [1.82, 2.24) is 5.32 Å². The van der Waals surface area contributed by atoms with Crippen molar-refractivity contribution < 1.29 is 9.53 Å². The van der Waals surface area contributed by atoms with Crippen molar-refractivity contribution in [2.75, 3.05) is 20.3 Å². The van der Waals surface area contributed by atoms with Gasteiger partial charge in [0.2, 0.25) is 5.91 Å². The van der Waals surface area contributed by atoms with Crippen LogP contribution in [-0.2, 0) is 9.53 Å². The van der Waals surface area contributed by atoms with Crippen LogP contribution in [0.25, 0.3) is 0 Å². The van der Waals surface area contributed by atoms with E-state index in [1.807, 2.05) is 0 Å². The third kappa shape index (κ3) is 3.47. The minimum atomic E-state index is -0.412. The normalized spacial score (nSPS) is 20.5. The van der Waals surface area contributed by atoms with Crippen LogP contribution in [0.2, 0.25) is 0 Å². The van der Waals surface area contributed by atoms with Gasteiger partial charge in [0, 0.05) is 20.3 Å². The molecule has 88 valence electrons. The fraction of sp³-hybridized carbons (Fsp3) is 0.909. The lowest BCUT2D eigenvalue weighted by Gasteiger charge is -2.42. The predicted octanol–water partition coefficient (Wildman–Crippen LogP) is 0.657. The van der Waals surface area contributed by atoms with E-state index in [9.17, 15) is 4.79 Å². The van der Waals surface area contributed by atoms with Gasteiger partial charge in [-0.3, -0.25) is 4.79 Å². The zero-order chi connectivity index (χ0) is 11.3. The zero-order valence-corrected chi connectivity index (χ0v) is 9.71. The van der Waals surface area contributed by atoms with Crippen LogP contribution >= 0.6 is 0 Å².